The van der Waals surface area contributed by atoms with Crippen molar-refractivity contribution < 1.29 is 14.6 Å². The lowest BCUT2D eigenvalue weighted by molar-refractivity contribution is -0.115. The molecule has 1 heterocycles. The van der Waals surface area contributed by atoms with Crippen molar-refractivity contribution in [2.45, 2.75) is 13.8 Å². The van der Waals surface area contributed by atoms with E-state index in [0.29, 0.717) is 0 Å². The lowest BCUT2D eigenvalue weighted by Crippen LogP contribution is -1.97. The average molecular weight is 140 g/mol. The fraction of sp³-hybridized carbons (Fsp3) is 0.286. The Bertz CT molecular complexity index is 235. The molecule has 54 valence electrons. The number of hydrogen-bond donors (Lipinski definition) is 1. The van der Waals surface area contributed by atoms with Crippen molar-refractivity contribution in [2.24, 2.45) is 0 Å². The topological polar surface area (TPSA) is 46.5 Å². The third-order valence-electron chi connectivity index (χ3n) is 1.30. The number of aliphatic hydroxyl groups excluding tert-OH is 1. The number of rotatable bonds is 0. The predicted octanol–water partition coefficient (Wildman–Crippen LogP) is 1.28. The van der Waals surface area contributed by atoms with Gasteiger partial charge in [0, 0.05) is 0 Å². The molecule has 0 saturated heterocycles. The Labute approximate surface area is 58.6 Å². The van der Waals surface area contributed by atoms with Crippen molar-refractivity contribution in [3.05, 3.63) is 23.4 Å². The highest BCUT2D eigenvalue weighted by Crippen LogP contribution is 2.21. The molecule has 1 aliphatic heterocycles. The minimum absolute atomic E-state index is 0.204. The molecule has 0 spiro atoms. The van der Waals surface area contributed by atoms with Crippen molar-refractivity contribution in [1.82, 2.24) is 0 Å². The molecule has 0 fully saturated rings. The Hall–Kier alpha value is -1.25. The molecule has 0 aromatic rings. The highest BCUT2D eigenvalue weighted by Gasteiger charge is 2.26. The second-order valence-corrected chi connectivity index (χ2v) is 1.99. The first-order valence-corrected chi connectivity index (χ1v) is 2.95. The molecule has 0 radical (unpaired) electrons. The van der Waals surface area contributed by atoms with E-state index in [9.17, 15) is 4.79 Å². The summed E-state index contributed by atoms with van der Waals surface area (Å²) in [5.41, 5.74) is 0. The summed E-state index contributed by atoms with van der Waals surface area (Å²) in [5, 5.41) is 8.93. The van der Waals surface area contributed by atoms with Crippen molar-refractivity contribution in [1.29, 1.82) is 0 Å². The Balaban J connectivity index is 2.98. The highest BCUT2D eigenvalue weighted by molar-refractivity contribution is 6.07. The highest BCUT2D eigenvalue weighted by atomic mass is 16.5. The largest absolute Gasteiger partial charge is 0.502 e. The molecule has 3 nitrogen and oxygen atoms in total. The van der Waals surface area contributed by atoms with Crippen LogP contribution >= 0.6 is 0 Å². The van der Waals surface area contributed by atoms with E-state index in [2.05, 4.69) is 0 Å². The molecular weight excluding hydrogens is 132 g/mol. The Kier molecular flexibility index (Phi) is 1.49. The summed E-state index contributed by atoms with van der Waals surface area (Å²) in [5.74, 6) is -0.235. The second kappa shape index (κ2) is 2.17. The van der Waals surface area contributed by atoms with E-state index >= 15 is 0 Å². The number of carbonyl (C=O) groups is 1. The minimum atomic E-state index is -0.431. The van der Waals surface area contributed by atoms with Crippen LogP contribution in [0.15, 0.2) is 23.4 Å². The van der Waals surface area contributed by atoms with Gasteiger partial charge in [-0.3, -0.25) is 4.79 Å². The van der Waals surface area contributed by atoms with E-state index in [0.717, 1.165) is 0 Å². The van der Waals surface area contributed by atoms with Gasteiger partial charge in [0.15, 0.2) is 5.76 Å². The van der Waals surface area contributed by atoms with Gasteiger partial charge in [-0.25, -0.2) is 0 Å². The van der Waals surface area contributed by atoms with Crippen molar-refractivity contribution in [3.8, 4) is 0 Å². The van der Waals surface area contributed by atoms with Crippen LogP contribution in [-0.4, -0.2) is 10.9 Å². The van der Waals surface area contributed by atoms with Crippen LogP contribution in [-0.2, 0) is 9.53 Å². The second-order valence-electron chi connectivity index (χ2n) is 1.99. The third kappa shape index (κ3) is 0.795. The average Bonchev–Trinajstić information content (AvgIpc) is 2.17. The number of allylic oxidation sites excluding steroid dienone is 2. The lowest BCUT2D eigenvalue weighted by atomic mass is 10.3. The van der Waals surface area contributed by atoms with Gasteiger partial charge in [0.2, 0.25) is 5.76 Å². The van der Waals surface area contributed by atoms with Crippen LogP contribution in [0.25, 0.3) is 0 Å². The molecule has 1 aliphatic rings. The summed E-state index contributed by atoms with van der Waals surface area (Å²) < 4.78 is 4.88. The number of ketones is 1. The van der Waals surface area contributed by atoms with Crippen LogP contribution in [0.2, 0.25) is 0 Å². The molecule has 0 amide bonds. The maximum Gasteiger partial charge on any atom is 0.265 e. The van der Waals surface area contributed by atoms with E-state index in [1.807, 2.05) is 0 Å². The summed E-state index contributed by atoms with van der Waals surface area (Å²) in [4.78, 5) is 10.8. The molecule has 1 rings (SSSR count). The van der Waals surface area contributed by atoms with E-state index in [4.69, 9.17) is 9.84 Å². The monoisotopic (exact) mass is 140 g/mol. The van der Waals surface area contributed by atoms with Crippen LogP contribution in [0.3, 0.4) is 0 Å². The van der Waals surface area contributed by atoms with Crippen LogP contribution in [0.1, 0.15) is 13.8 Å². The number of carbonyl (C=O) groups excluding carboxylic acids is 1. The molecule has 3 heteroatoms. The van der Waals surface area contributed by atoms with Gasteiger partial charge in [0.05, 0.1) is 0 Å². The van der Waals surface area contributed by atoms with Gasteiger partial charge >= 0.3 is 0 Å². The van der Waals surface area contributed by atoms with E-state index in [1.165, 1.54) is 6.08 Å². The Morgan fingerprint density at radius 2 is 2.20 bits per heavy atom. The standard InChI is InChI=1S/C7H8O3/c1-3-5-7(9)6(8)4(2)10-5/h3,8H,1-2H3/b5-3+. The van der Waals surface area contributed by atoms with E-state index in [1.54, 1.807) is 13.8 Å². The quantitative estimate of drug-likeness (QED) is 0.515. The van der Waals surface area contributed by atoms with Gasteiger partial charge in [-0.1, -0.05) is 0 Å². The number of Topliss-reactive ketones (excluding diaryl/α,β-unsaturated/α-hetero) is 1. The summed E-state index contributed by atoms with van der Waals surface area (Å²) in [7, 11) is 0. The molecule has 0 aromatic carbocycles. The molecular formula is C7H8O3. The van der Waals surface area contributed by atoms with Crippen molar-refractivity contribution >= 4 is 5.78 Å². The molecule has 1 N–H and O–H groups in total. The zero-order valence-corrected chi connectivity index (χ0v) is 5.84. The number of ether oxygens (including phenoxy) is 1. The molecule has 0 aromatic heterocycles. The summed E-state index contributed by atoms with van der Waals surface area (Å²) >= 11 is 0. The normalized spacial score (nSPS) is 22.2. The molecule has 10 heavy (non-hydrogen) atoms. The first-order valence-electron chi connectivity index (χ1n) is 2.95. The summed E-state index contributed by atoms with van der Waals surface area (Å²) in [6.45, 7) is 3.23. The maximum absolute atomic E-state index is 10.8. The molecule has 0 unspecified atom stereocenters. The zero-order valence-electron chi connectivity index (χ0n) is 5.84. The summed E-state index contributed by atoms with van der Waals surface area (Å²) in [6, 6.07) is 0. The molecule has 0 atom stereocenters. The van der Waals surface area contributed by atoms with Crippen LogP contribution in [0.5, 0.6) is 0 Å². The van der Waals surface area contributed by atoms with Crippen LogP contribution in [0.4, 0.5) is 0 Å². The van der Waals surface area contributed by atoms with Gasteiger partial charge in [0.25, 0.3) is 5.78 Å². The molecule has 0 saturated carbocycles. The van der Waals surface area contributed by atoms with E-state index in [-0.39, 0.29) is 17.3 Å². The van der Waals surface area contributed by atoms with E-state index < -0.39 is 5.78 Å². The van der Waals surface area contributed by atoms with Crippen LogP contribution in [0, 0.1) is 0 Å². The first-order chi connectivity index (χ1) is 4.66. The summed E-state index contributed by atoms with van der Waals surface area (Å²) in [6.07, 6.45) is 1.52. The Morgan fingerprint density at radius 3 is 2.40 bits per heavy atom. The van der Waals surface area contributed by atoms with Gasteiger partial charge in [-0.05, 0) is 19.9 Å². The number of hydrogen-bond acceptors (Lipinski definition) is 3. The van der Waals surface area contributed by atoms with Gasteiger partial charge in [-0.15, -0.1) is 0 Å². The van der Waals surface area contributed by atoms with Crippen LogP contribution < -0.4 is 0 Å². The SMILES string of the molecule is C/C=C1/OC(C)=C(O)C1=O. The smallest absolute Gasteiger partial charge is 0.265 e. The van der Waals surface area contributed by atoms with Gasteiger partial charge in [-0.2, -0.15) is 0 Å². The van der Waals surface area contributed by atoms with Gasteiger partial charge in [0.1, 0.15) is 5.76 Å². The lowest BCUT2D eigenvalue weighted by Gasteiger charge is -1.93. The Morgan fingerprint density at radius 1 is 1.60 bits per heavy atom. The number of aliphatic hydroxyl groups is 1. The first kappa shape index (κ1) is 6.86. The predicted molar refractivity (Wildman–Crippen MR) is 35.2 cm³/mol. The van der Waals surface area contributed by atoms with Gasteiger partial charge < -0.3 is 9.84 Å². The van der Waals surface area contributed by atoms with Crippen molar-refractivity contribution in [2.75, 3.05) is 0 Å². The molecule has 0 aliphatic carbocycles. The maximum atomic E-state index is 10.8. The fourth-order valence-electron chi connectivity index (χ4n) is 0.726. The molecule has 0 bridgehead atoms. The third-order valence-corrected chi connectivity index (χ3v) is 1.30. The fourth-order valence-corrected chi connectivity index (χ4v) is 0.726. The minimum Gasteiger partial charge on any atom is -0.502 e. The zero-order chi connectivity index (χ0) is 7.72. The van der Waals surface area contributed by atoms with Crippen molar-refractivity contribution in [3.63, 3.8) is 0 Å².